The number of hydrogen-bond donors (Lipinski definition) is 2. The van der Waals surface area contributed by atoms with Crippen LogP contribution in [0.2, 0.25) is 0 Å². The fourth-order valence-electron chi connectivity index (χ4n) is 5.59. The summed E-state index contributed by atoms with van der Waals surface area (Å²) in [5.74, 6) is 3.30. The van der Waals surface area contributed by atoms with Gasteiger partial charge < -0.3 is 29.2 Å². The van der Waals surface area contributed by atoms with Crippen molar-refractivity contribution in [3.8, 4) is 23.0 Å². The molecule has 1 aliphatic rings. The molecule has 0 fully saturated rings. The normalized spacial score (nSPS) is 16.3. The van der Waals surface area contributed by atoms with Crippen molar-refractivity contribution in [3.05, 3.63) is 118 Å². The van der Waals surface area contributed by atoms with E-state index in [0.717, 1.165) is 39.3 Å². The predicted octanol–water partition coefficient (Wildman–Crippen LogP) is 7.62. The highest BCUT2D eigenvalue weighted by molar-refractivity contribution is 9.10. The number of rotatable bonds is 10. The molecular weight excluding hydrogens is 580 g/mol. The molecule has 0 bridgehead atoms. The van der Waals surface area contributed by atoms with Gasteiger partial charge in [-0.15, -0.1) is 0 Å². The molecule has 7 heteroatoms. The Kier molecular flexibility index (Phi) is 8.16. The van der Waals surface area contributed by atoms with Crippen LogP contribution in [-0.2, 0) is 0 Å². The number of ether oxygens (including phenoxy) is 4. The minimum Gasteiger partial charge on any atom is -0.497 e. The van der Waals surface area contributed by atoms with Crippen LogP contribution in [-0.4, -0.2) is 38.5 Å². The van der Waals surface area contributed by atoms with Crippen molar-refractivity contribution in [1.82, 2.24) is 10.3 Å². The highest BCUT2D eigenvalue weighted by Crippen LogP contribution is 2.43. The van der Waals surface area contributed by atoms with Crippen molar-refractivity contribution in [2.75, 3.05) is 33.5 Å². The molecule has 6 rings (SSSR count). The maximum absolute atomic E-state index is 6.10. The van der Waals surface area contributed by atoms with Gasteiger partial charge in [0.25, 0.3) is 0 Å². The number of H-pyrrole nitrogens is 1. The highest BCUT2D eigenvalue weighted by atomic mass is 79.9. The van der Waals surface area contributed by atoms with Crippen molar-refractivity contribution in [1.29, 1.82) is 0 Å². The highest BCUT2D eigenvalue weighted by Gasteiger charge is 2.32. The van der Waals surface area contributed by atoms with E-state index in [1.807, 2.05) is 49.4 Å². The van der Waals surface area contributed by atoms with Crippen LogP contribution in [0.5, 0.6) is 23.0 Å². The number of halogens is 1. The minimum absolute atomic E-state index is 0.0139. The quantitative estimate of drug-likeness (QED) is 0.159. The predicted molar refractivity (Wildman–Crippen MR) is 166 cm³/mol. The van der Waals surface area contributed by atoms with Crippen LogP contribution in [0, 0.1) is 0 Å². The Labute approximate surface area is 248 Å². The molecular formula is C34H33BrN2O4. The third kappa shape index (κ3) is 5.78. The molecule has 0 aliphatic carbocycles. The monoisotopic (exact) mass is 612 g/mol. The Morgan fingerprint density at radius 2 is 1.59 bits per heavy atom. The second-order valence-corrected chi connectivity index (χ2v) is 10.9. The molecule has 0 spiro atoms. The molecule has 2 heterocycles. The Morgan fingerprint density at radius 3 is 2.39 bits per heavy atom. The lowest BCUT2D eigenvalue weighted by molar-refractivity contribution is 0.208. The molecule has 0 radical (unpaired) electrons. The third-order valence-electron chi connectivity index (χ3n) is 7.46. The zero-order valence-electron chi connectivity index (χ0n) is 23.2. The summed E-state index contributed by atoms with van der Waals surface area (Å²) >= 11 is 3.47. The first kappa shape index (κ1) is 27.2. The van der Waals surface area contributed by atoms with Crippen molar-refractivity contribution >= 4 is 26.8 Å². The summed E-state index contributed by atoms with van der Waals surface area (Å²) < 4.78 is 24.4. The van der Waals surface area contributed by atoms with E-state index in [0.29, 0.717) is 25.6 Å². The Bertz CT molecular complexity index is 1630. The number of nitrogens with one attached hydrogen (secondary N) is 2. The van der Waals surface area contributed by atoms with E-state index in [1.165, 1.54) is 22.2 Å². The zero-order valence-corrected chi connectivity index (χ0v) is 24.7. The molecule has 41 heavy (non-hydrogen) atoms. The standard InChI is InChI=1S/C34H33BrN2O4/c1-3-39-31-19-23(13-16-30(31)41-18-17-40-26-8-6-7-24(35)20-26)33-34-32(27-9-4-5-10-29(27)37-34)28(21-36-33)22-11-14-25(38-2)15-12-22/h4-16,19-20,28,33,36-37H,3,17-18,21H2,1-2H3/t28-,33-/m0/s1. The average molecular weight is 614 g/mol. The first-order chi connectivity index (χ1) is 20.1. The molecule has 0 amide bonds. The maximum atomic E-state index is 6.10. The van der Waals surface area contributed by atoms with Crippen LogP contribution in [0.3, 0.4) is 0 Å². The fourth-order valence-corrected chi connectivity index (χ4v) is 5.97. The molecule has 0 unspecified atom stereocenters. The SMILES string of the molecule is CCOc1cc([C@@H]2NC[C@@H](c3ccc(OC)cc3)c3c2[nH]c2ccccc32)ccc1OCCOc1cccc(Br)c1. The van der Waals surface area contributed by atoms with Gasteiger partial charge in [-0.2, -0.15) is 0 Å². The largest absolute Gasteiger partial charge is 0.497 e. The van der Waals surface area contributed by atoms with Gasteiger partial charge in [0.15, 0.2) is 11.5 Å². The van der Waals surface area contributed by atoms with E-state index in [4.69, 9.17) is 18.9 Å². The lowest BCUT2D eigenvalue weighted by atomic mass is 9.83. The van der Waals surface area contributed by atoms with Crippen molar-refractivity contribution < 1.29 is 18.9 Å². The van der Waals surface area contributed by atoms with Gasteiger partial charge in [0, 0.05) is 33.5 Å². The van der Waals surface area contributed by atoms with E-state index >= 15 is 0 Å². The molecule has 2 N–H and O–H groups in total. The second-order valence-electron chi connectivity index (χ2n) is 9.96. The summed E-state index contributed by atoms with van der Waals surface area (Å²) in [6, 6.07) is 30.9. The van der Waals surface area contributed by atoms with Crippen LogP contribution >= 0.6 is 15.9 Å². The van der Waals surface area contributed by atoms with E-state index < -0.39 is 0 Å². The van der Waals surface area contributed by atoms with E-state index in [9.17, 15) is 0 Å². The Morgan fingerprint density at radius 1 is 0.780 bits per heavy atom. The summed E-state index contributed by atoms with van der Waals surface area (Å²) in [4.78, 5) is 3.74. The van der Waals surface area contributed by atoms with Crippen molar-refractivity contribution in [2.24, 2.45) is 0 Å². The molecule has 4 aromatic carbocycles. The second kappa shape index (κ2) is 12.3. The lowest BCUT2D eigenvalue weighted by Crippen LogP contribution is -2.34. The number of methoxy groups -OCH3 is 1. The van der Waals surface area contributed by atoms with Gasteiger partial charge in [0.05, 0.1) is 19.8 Å². The van der Waals surface area contributed by atoms with Gasteiger partial charge in [0.1, 0.15) is 24.7 Å². The molecule has 5 aromatic rings. The topological polar surface area (TPSA) is 64.7 Å². The van der Waals surface area contributed by atoms with Crippen LogP contribution in [0.15, 0.2) is 95.5 Å². The third-order valence-corrected chi connectivity index (χ3v) is 7.96. The van der Waals surface area contributed by atoms with E-state index in [1.54, 1.807) is 7.11 Å². The van der Waals surface area contributed by atoms with Gasteiger partial charge in [-0.1, -0.05) is 58.4 Å². The fraction of sp³-hybridized carbons (Fsp3) is 0.235. The first-order valence-electron chi connectivity index (χ1n) is 13.9. The summed E-state index contributed by atoms with van der Waals surface area (Å²) in [7, 11) is 1.70. The van der Waals surface area contributed by atoms with Crippen LogP contribution in [0.4, 0.5) is 0 Å². The first-order valence-corrected chi connectivity index (χ1v) is 14.7. The van der Waals surface area contributed by atoms with Crippen molar-refractivity contribution in [3.63, 3.8) is 0 Å². The summed E-state index contributed by atoms with van der Waals surface area (Å²) in [6.07, 6.45) is 0. The number of hydrogen-bond acceptors (Lipinski definition) is 5. The Balaban J connectivity index is 1.26. The van der Waals surface area contributed by atoms with Gasteiger partial charge in [0.2, 0.25) is 0 Å². The zero-order chi connectivity index (χ0) is 28.2. The molecule has 2 atom stereocenters. The number of aromatic amines is 1. The maximum Gasteiger partial charge on any atom is 0.161 e. The summed E-state index contributed by atoms with van der Waals surface area (Å²) in [5.41, 5.74) is 6.02. The number of benzene rings is 4. The van der Waals surface area contributed by atoms with E-state index in [2.05, 4.69) is 74.8 Å². The average Bonchev–Trinajstić information content (AvgIpc) is 3.40. The molecule has 6 nitrogen and oxygen atoms in total. The van der Waals surface area contributed by atoms with Crippen LogP contribution < -0.4 is 24.3 Å². The number of para-hydroxylation sites is 1. The minimum atomic E-state index is -0.0139. The smallest absolute Gasteiger partial charge is 0.161 e. The van der Waals surface area contributed by atoms with Crippen LogP contribution in [0.25, 0.3) is 10.9 Å². The molecule has 1 aromatic heterocycles. The van der Waals surface area contributed by atoms with Gasteiger partial charge in [-0.05, 0) is 72.1 Å². The molecule has 0 saturated heterocycles. The number of fused-ring (bicyclic) bond motifs is 3. The lowest BCUT2D eigenvalue weighted by Gasteiger charge is -2.31. The molecule has 0 saturated carbocycles. The Hall–Kier alpha value is -3.94. The van der Waals surface area contributed by atoms with Gasteiger partial charge in [-0.3, -0.25) is 0 Å². The van der Waals surface area contributed by atoms with Crippen LogP contribution in [0.1, 0.15) is 41.3 Å². The number of aromatic nitrogens is 1. The van der Waals surface area contributed by atoms with Gasteiger partial charge >= 0.3 is 0 Å². The summed E-state index contributed by atoms with van der Waals surface area (Å²) in [5, 5.41) is 5.07. The molecule has 210 valence electrons. The van der Waals surface area contributed by atoms with Crippen molar-refractivity contribution in [2.45, 2.75) is 18.9 Å². The molecule has 1 aliphatic heterocycles. The van der Waals surface area contributed by atoms with Gasteiger partial charge in [-0.25, -0.2) is 0 Å². The van der Waals surface area contributed by atoms with E-state index in [-0.39, 0.29) is 12.0 Å². The summed E-state index contributed by atoms with van der Waals surface area (Å²) in [6.45, 7) is 4.17.